The lowest BCUT2D eigenvalue weighted by atomic mass is 9.92. The van der Waals surface area contributed by atoms with Gasteiger partial charge in [0.2, 0.25) is 5.95 Å². The van der Waals surface area contributed by atoms with Crippen molar-refractivity contribution in [2.24, 2.45) is 11.8 Å². The summed E-state index contributed by atoms with van der Waals surface area (Å²) in [5.74, 6) is -1.23. The Morgan fingerprint density at radius 1 is 0.971 bits per heavy atom. The van der Waals surface area contributed by atoms with Crippen LogP contribution in [0.15, 0.2) is 24.5 Å². The van der Waals surface area contributed by atoms with E-state index in [0.29, 0.717) is 36.6 Å². The van der Waals surface area contributed by atoms with E-state index in [1.54, 1.807) is 11.0 Å². The fourth-order valence-corrected chi connectivity index (χ4v) is 6.09. The summed E-state index contributed by atoms with van der Waals surface area (Å²) >= 11 is 0. The molecule has 1 aromatic carbocycles. The van der Waals surface area contributed by atoms with Gasteiger partial charge < -0.3 is 10.2 Å². The van der Waals surface area contributed by atoms with Gasteiger partial charge in [-0.15, -0.1) is 5.10 Å². The molecular weight excluding hydrogens is 455 g/mol. The van der Waals surface area contributed by atoms with E-state index in [1.807, 2.05) is 13.0 Å². The summed E-state index contributed by atoms with van der Waals surface area (Å²) in [5, 5.41) is 8.29. The molecule has 2 bridgehead atoms. The van der Waals surface area contributed by atoms with Crippen LogP contribution < -0.4 is 10.2 Å². The van der Waals surface area contributed by atoms with Crippen molar-refractivity contribution in [1.82, 2.24) is 24.7 Å². The molecule has 0 amide bonds. The highest BCUT2D eigenvalue weighted by molar-refractivity contribution is 5.42. The number of fused-ring (bicyclic) bond motifs is 3. The zero-order chi connectivity index (χ0) is 24.1. The minimum atomic E-state index is -1.43. The molecular formula is C25H28F3N7. The lowest BCUT2D eigenvalue weighted by Gasteiger charge is -2.38. The van der Waals surface area contributed by atoms with Crippen molar-refractivity contribution in [1.29, 1.82) is 0 Å². The number of hydrogen-bond donors (Lipinski definition) is 1. The Morgan fingerprint density at radius 2 is 1.77 bits per heavy atom. The minimum absolute atomic E-state index is 0.138. The minimum Gasteiger partial charge on any atom is -0.356 e. The maximum absolute atomic E-state index is 14.7. The molecule has 6 rings (SSSR count). The lowest BCUT2D eigenvalue weighted by Crippen LogP contribution is -2.48. The maximum atomic E-state index is 14.7. The SMILES string of the molecule is Cc1cc(N2CC3CC[C@@H](C2)C3Nc2nc3n(n2)CCCC[C@H]3c2ccc(F)c(F)c2F)ncn1. The first kappa shape index (κ1) is 22.3. The monoisotopic (exact) mass is 483 g/mol. The van der Waals surface area contributed by atoms with Gasteiger partial charge in [0, 0.05) is 48.9 Å². The average molecular weight is 484 g/mol. The van der Waals surface area contributed by atoms with Gasteiger partial charge in [-0.05, 0) is 50.5 Å². The van der Waals surface area contributed by atoms with Crippen molar-refractivity contribution in [2.75, 3.05) is 23.3 Å². The van der Waals surface area contributed by atoms with Gasteiger partial charge in [0.25, 0.3) is 0 Å². The summed E-state index contributed by atoms with van der Waals surface area (Å²) in [5.41, 5.74) is 1.10. The van der Waals surface area contributed by atoms with E-state index in [0.717, 1.165) is 56.4 Å². The highest BCUT2D eigenvalue weighted by atomic mass is 19.2. The molecule has 2 aromatic heterocycles. The van der Waals surface area contributed by atoms with Crippen LogP contribution in [0.1, 0.15) is 55.1 Å². The van der Waals surface area contributed by atoms with Crippen molar-refractivity contribution >= 4 is 11.8 Å². The Bertz CT molecular complexity index is 1230. The first-order valence-electron chi connectivity index (χ1n) is 12.4. The summed E-state index contributed by atoms with van der Waals surface area (Å²) in [6, 6.07) is 4.60. The van der Waals surface area contributed by atoms with Gasteiger partial charge in [-0.1, -0.05) is 12.5 Å². The van der Waals surface area contributed by atoms with Crippen molar-refractivity contribution in [3.63, 3.8) is 0 Å². The number of nitrogens with zero attached hydrogens (tertiary/aromatic N) is 6. The van der Waals surface area contributed by atoms with E-state index < -0.39 is 23.4 Å². The number of anilines is 2. The smallest absolute Gasteiger partial charge is 0.242 e. The molecule has 3 aromatic rings. The molecule has 3 aliphatic rings. The number of benzene rings is 1. The van der Waals surface area contributed by atoms with Crippen LogP contribution in [0, 0.1) is 36.2 Å². The van der Waals surface area contributed by atoms with Gasteiger partial charge in [0.15, 0.2) is 17.5 Å². The molecule has 1 saturated heterocycles. The normalized spacial score (nSPS) is 25.9. The number of halogens is 3. The van der Waals surface area contributed by atoms with Crippen LogP contribution >= 0.6 is 0 Å². The summed E-state index contributed by atoms with van der Waals surface area (Å²) in [6.07, 6.45) is 6.19. The Balaban J connectivity index is 1.24. The van der Waals surface area contributed by atoms with E-state index >= 15 is 0 Å². The highest BCUT2D eigenvalue weighted by Gasteiger charge is 2.43. The van der Waals surface area contributed by atoms with Crippen molar-refractivity contribution < 1.29 is 13.2 Å². The van der Waals surface area contributed by atoms with Crippen LogP contribution in [-0.4, -0.2) is 43.9 Å². The predicted molar refractivity (Wildman–Crippen MR) is 125 cm³/mol. The first-order valence-corrected chi connectivity index (χ1v) is 12.4. The van der Waals surface area contributed by atoms with Crippen LogP contribution in [0.25, 0.3) is 0 Å². The molecule has 0 radical (unpaired) electrons. The Kier molecular flexibility index (Phi) is 5.61. The number of nitrogens with one attached hydrogen (secondary N) is 1. The number of rotatable bonds is 4. The summed E-state index contributed by atoms with van der Waals surface area (Å²) in [6.45, 7) is 4.45. The van der Waals surface area contributed by atoms with E-state index in [-0.39, 0.29) is 11.6 Å². The van der Waals surface area contributed by atoms with Crippen LogP contribution in [0.2, 0.25) is 0 Å². The Morgan fingerprint density at radius 3 is 2.54 bits per heavy atom. The molecule has 1 N–H and O–H groups in total. The van der Waals surface area contributed by atoms with Gasteiger partial charge in [0.05, 0.1) is 0 Å². The average Bonchev–Trinajstić information content (AvgIpc) is 3.25. The largest absolute Gasteiger partial charge is 0.356 e. The Labute approximate surface area is 201 Å². The second-order valence-electron chi connectivity index (χ2n) is 10.0. The summed E-state index contributed by atoms with van der Waals surface area (Å²) in [4.78, 5) is 15.8. The van der Waals surface area contributed by atoms with Crippen molar-refractivity contribution in [3.05, 3.63) is 59.1 Å². The van der Waals surface area contributed by atoms with E-state index in [4.69, 9.17) is 10.1 Å². The number of hydrogen-bond acceptors (Lipinski definition) is 6. The van der Waals surface area contributed by atoms with Gasteiger partial charge in [-0.25, -0.2) is 27.8 Å². The molecule has 35 heavy (non-hydrogen) atoms. The van der Waals surface area contributed by atoms with Crippen molar-refractivity contribution in [2.45, 2.75) is 57.5 Å². The molecule has 2 unspecified atom stereocenters. The number of aromatic nitrogens is 5. The van der Waals surface area contributed by atoms with Crippen molar-refractivity contribution in [3.8, 4) is 0 Å². The fourth-order valence-electron chi connectivity index (χ4n) is 6.09. The zero-order valence-corrected chi connectivity index (χ0v) is 19.6. The fraction of sp³-hybridized carbons (Fsp3) is 0.520. The molecule has 2 fully saturated rings. The topological polar surface area (TPSA) is 71.8 Å². The molecule has 10 heteroatoms. The molecule has 4 atom stereocenters. The lowest BCUT2D eigenvalue weighted by molar-refractivity contribution is 0.374. The van der Waals surface area contributed by atoms with Crippen LogP contribution in [0.3, 0.4) is 0 Å². The van der Waals surface area contributed by atoms with Crippen LogP contribution in [0.4, 0.5) is 24.9 Å². The molecule has 4 heterocycles. The highest BCUT2D eigenvalue weighted by Crippen LogP contribution is 2.40. The van der Waals surface area contributed by atoms with E-state index in [1.165, 1.54) is 6.07 Å². The Hall–Kier alpha value is -3.17. The van der Waals surface area contributed by atoms with E-state index in [9.17, 15) is 13.2 Å². The van der Waals surface area contributed by atoms with E-state index in [2.05, 4.69) is 20.2 Å². The second kappa shape index (κ2) is 8.80. The summed E-state index contributed by atoms with van der Waals surface area (Å²) < 4.78 is 44.0. The quantitative estimate of drug-likeness (QED) is 0.554. The second-order valence-corrected chi connectivity index (χ2v) is 10.0. The van der Waals surface area contributed by atoms with Gasteiger partial charge in [-0.2, -0.15) is 4.98 Å². The first-order chi connectivity index (χ1) is 17.0. The van der Waals surface area contributed by atoms with Gasteiger partial charge in [0.1, 0.15) is 18.0 Å². The number of piperidine rings is 1. The number of aryl methyl sites for hydroxylation is 2. The van der Waals surface area contributed by atoms with Gasteiger partial charge in [-0.3, -0.25) is 0 Å². The molecule has 7 nitrogen and oxygen atoms in total. The van der Waals surface area contributed by atoms with Crippen LogP contribution in [0.5, 0.6) is 0 Å². The van der Waals surface area contributed by atoms with Gasteiger partial charge >= 0.3 is 0 Å². The third kappa shape index (κ3) is 4.02. The molecule has 2 aliphatic heterocycles. The summed E-state index contributed by atoms with van der Waals surface area (Å²) in [7, 11) is 0. The standard InChI is InChI=1S/C25H28F3N7/c1-14-10-20(30-13-29-14)34-11-15-5-6-16(12-34)23(15)31-25-32-24-18(4-2-3-9-35(24)33-25)17-7-8-19(26)22(28)21(17)27/h7-8,10,13,15-16,18,23H,2-6,9,11-12H2,1H3,(H,31,33)/t15-,16?,18-,23?/m0/s1. The third-order valence-corrected chi connectivity index (χ3v) is 7.81. The predicted octanol–water partition coefficient (Wildman–Crippen LogP) is 4.44. The molecule has 1 saturated carbocycles. The third-order valence-electron chi connectivity index (χ3n) is 7.81. The van der Waals surface area contributed by atoms with Crippen LogP contribution in [-0.2, 0) is 6.54 Å². The maximum Gasteiger partial charge on any atom is 0.242 e. The molecule has 184 valence electrons. The molecule has 1 aliphatic carbocycles. The molecule has 0 spiro atoms. The zero-order valence-electron chi connectivity index (χ0n) is 19.6.